The highest BCUT2D eigenvalue weighted by Gasteiger charge is 2.16. The monoisotopic (exact) mass is 182 g/mol. The average Bonchev–Trinajstić information content (AvgIpc) is 2.03. The summed E-state index contributed by atoms with van der Waals surface area (Å²) in [5, 5.41) is 10.5. The Morgan fingerprint density at radius 3 is 2.69 bits per heavy atom. The third kappa shape index (κ3) is 2.02. The van der Waals surface area contributed by atoms with Crippen LogP contribution in [0, 0.1) is 22.9 Å². The summed E-state index contributed by atoms with van der Waals surface area (Å²) in [7, 11) is 0. The van der Waals surface area contributed by atoms with Gasteiger partial charge in [-0.05, 0) is 25.0 Å². The minimum absolute atomic E-state index is 0.0797. The van der Waals surface area contributed by atoms with Crippen molar-refractivity contribution in [3.8, 4) is 0 Å². The molecule has 1 radical (unpaired) electrons. The van der Waals surface area contributed by atoms with Gasteiger partial charge < -0.3 is 0 Å². The Balaban J connectivity index is 3.26. The molecule has 0 spiro atoms. The molecule has 3 nitrogen and oxygen atoms in total. The summed E-state index contributed by atoms with van der Waals surface area (Å²) in [6.45, 7) is 5.30. The second-order valence-electron chi connectivity index (χ2n) is 2.86. The van der Waals surface area contributed by atoms with E-state index in [1.165, 1.54) is 0 Å². The van der Waals surface area contributed by atoms with Crippen LogP contribution in [0.1, 0.15) is 18.4 Å². The summed E-state index contributed by atoms with van der Waals surface area (Å²) in [5.74, 6) is -0.771. The molecule has 1 atom stereocenters. The molecule has 0 aliphatic carbocycles. The Labute approximate surface area is 75.3 Å². The highest BCUT2D eigenvalue weighted by molar-refractivity contribution is 5.42. The predicted octanol–water partition coefficient (Wildman–Crippen LogP) is 2.67. The largest absolute Gasteiger partial charge is 0.273 e. The molecule has 0 saturated heterocycles. The molecule has 13 heavy (non-hydrogen) atoms. The van der Waals surface area contributed by atoms with E-state index in [9.17, 15) is 14.5 Å². The fourth-order valence-electron chi connectivity index (χ4n) is 1.09. The molecule has 1 aromatic carbocycles. The van der Waals surface area contributed by atoms with Crippen LogP contribution >= 0.6 is 0 Å². The van der Waals surface area contributed by atoms with Gasteiger partial charge in [0.05, 0.1) is 4.92 Å². The highest BCUT2D eigenvalue weighted by atomic mass is 19.1. The van der Waals surface area contributed by atoms with Gasteiger partial charge in [0.15, 0.2) is 0 Å². The zero-order valence-corrected chi connectivity index (χ0v) is 7.16. The summed E-state index contributed by atoms with van der Waals surface area (Å²) in [6, 6.07) is 3.38. The molecule has 0 aliphatic rings. The van der Waals surface area contributed by atoms with Crippen LogP contribution in [0.5, 0.6) is 0 Å². The summed E-state index contributed by atoms with van der Waals surface area (Å²) >= 11 is 0. The van der Waals surface area contributed by atoms with Gasteiger partial charge in [-0.25, -0.2) is 4.39 Å². The van der Waals surface area contributed by atoms with E-state index in [1.807, 2.05) is 0 Å². The quantitative estimate of drug-likeness (QED) is 0.521. The van der Waals surface area contributed by atoms with E-state index in [2.05, 4.69) is 6.92 Å². The Morgan fingerprint density at radius 1 is 1.62 bits per heavy atom. The number of rotatable bonds is 2. The lowest BCUT2D eigenvalue weighted by atomic mass is 10.0. The molecule has 0 amide bonds. The van der Waals surface area contributed by atoms with Crippen LogP contribution in [0.2, 0.25) is 0 Å². The second-order valence-corrected chi connectivity index (χ2v) is 2.86. The van der Waals surface area contributed by atoms with Crippen molar-refractivity contribution in [2.45, 2.75) is 12.8 Å². The first-order chi connectivity index (χ1) is 6.02. The van der Waals surface area contributed by atoms with E-state index in [1.54, 1.807) is 6.92 Å². The van der Waals surface area contributed by atoms with Gasteiger partial charge in [0.2, 0.25) is 0 Å². The fourth-order valence-corrected chi connectivity index (χ4v) is 1.09. The van der Waals surface area contributed by atoms with Crippen molar-refractivity contribution < 1.29 is 9.31 Å². The lowest BCUT2D eigenvalue weighted by Gasteiger charge is -2.05. The minimum Gasteiger partial charge on any atom is -0.258 e. The zero-order chi connectivity index (χ0) is 10.0. The van der Waals surface area contributed by atoms with Crippen LogP contribution < -0.4 is 0 Å². The number of nitrogens with zero attached hydrogens (tertiary/aromatic N) is 1. The van der Waals surface area contributed by atoms with Crippen molar-refractivity contribution in [2.24, 2.45) is 0 Å². The molecular weight excluding hydrogens is 173 g/mol. The van der Waals surface area contributed by atoms with Gasteiger partial charge in [0, 0.05) is 11.6 Å². The van der Waals surface area contributed by atoms with Crippen molar-refractivity contribution in [2.75, 3.05) is 0 Å². The van der Waals surface area contributed by atoms with E-state index in [0.29, 0.717) is 5.56 Å². The maximum absolute atomic E-state index is 12.7. The van der Waals surface area contributed by atoms with Crippen molar-refractivity contribution in [3.63, 3.8) is 0 Å². The van der Waals surface area contributed by atoms with Crippen molar-refractivity contribution in [3.05, 3.63) is 46.6 Å². The van der Waals surface area contributed by atoms with Gasteiger partial charge >= 0.3 is 0 Å². The van der Waals surface area contributed by atoms with E-state index in [4.69, 9.17) is 0 Å². The van der Waals surface area contributed by atoms with E-state index in [-0.39, 0.29) is 11.6 Å². The standard InChI is InChI=1S/C9H9FNO2/c1-6(2)8-5-7(10)3-4-9(8)11(12)13/h3-6H,1H2,2H3. The first-order valence-corrected chi connectivity index (χ1v) is 3.79. The Kier molecular flexibility index (Phi) is 2.60. The van der Waals surface area contributed by atoms with E-state index < -0.39 is 10.7 Å². The first kappa shape index (κ1) is 9.64. The number of hydrogen-bond donors (Lipinski definition) is 0. The van der Waals surface area contributed by atoms with Crippen LogP contribution in [-0.4, -0.2) is 4.92 Å². The van der Waals surface area contributed by atoms with E-state index >= 15 is 0 Å². The summed E-state index contributed by atoms with van der Waals surface area (Å²) < 4.78 is 12.7. The van der Waals surface area contributed by atoms with Crippen molar-refractivity contribution in [1.82, 2.24) is 0 Å². The van der Waals surface area contributed by atoms with Crippen LogP contribution in [0.15, 0.2) is 18.2 Å². The molecule has 1 rings (SSSR count). The molecule has 1 unspecified atom stereocenters. The molecule has 0 N–H and O–H groups in total. The fraction of sp³-hybridized carbons (Fsp3) is 0.222. The third-order valence-corrected chi connectivity index (χ3v) is 1.72. The third-order valence-electron chi connectivity index (χ3n) is 1.72. The van der Waals surface area contributed by atoms with Crippen LogP contribution in [0.4, 0.5) is 10.1 Å². The second kappa shape index (κ2) is 3.51. The van der Waals surface area contributed by atoms with Crippen LogP contribution in [0.3, 0.4) is 0 Å². The molecule has 1 aromatic rings. The minimum atomic E-state index is -0.531. The Morgan fingerprint density at radius 2 is 2.23 bits per heavy atom. The highest BCUT2D eigenvalue weighted by Crippen LogP contribution is 2.26. The lowest BCUT2D eigenvalue weighted by molar-refractivity contribution is -0.385. The van der Waals surface area contributed by atoms with Gasteiger partial charge in [-0.15, -0.1) is 0 Å². The molecule has 0 aromatic heterocycles. The van der Waals surface area contributed by atoms with Crippen LogP contribution in [0.25, 0.3) is 0 Å². The summed E-state index contributed by atoms with van der Waals surface area (Å²) in [6.07, 6.45) is 0. The average molecular weight is 182 g/mol. The Bertz CT molecular complexity index is 336. The zero-order valence-electron chi connectivity index (χ0n) is 7.16. The van der Waals surface area contributed by atoms with Crippen LogP contribution in [-0.2, 0) is 0 Å². The Hall–Kier alpha value is -1.45. The number of benzene rings is 1. The number of halogens is 1. The topological polar surface area (TPSA) is 43.1 Å². The normalized spacial score (nSPS) is 10.5. The number of nitro benzene ring substituents is 1. The predicted molar refractivity (Wildman–Crippen MR) is 46.8 cm³/mol. The molecular formula is C9H9FNO2. The van der Waals surface area contributed by atoms with Gasteiger partial charge in [-0.3, -0.25) is 10.1 Å². The van der Waals surface area contributed by atoms with Crippen molar-refractivity contribution in [1.29, 1.82) is 0 Å². The molecule has 0 bridgehead atoms. The van der Waals surface area contributed by atoms with Gasteiger partial charge in [-0.1, -0.05) is 6.92 Å². The van der Waals surface area contributed by atoms with Gasteiger partial charge in [-0.2, -0.15) is 0 Å². The molecule has 0 aliphatic heterocycles. The summed E-state index contributed by atoms with van der Waals surface area (Å²) in [5.41, 5.74) is 0.244. The molecule has 69 valence electrons. The maximum Gasteiger partial charge on any atom is 0.273 e. The van der Waals surface area contributed by atoms with Gasteiger partial charge in [0.1, 0.15) is 5.82 Å². The maximum atomic E-state index is 12.7. The lowest BCUT2D eigenvalue weighted by Crippen LogP contribution is -1.97. The first-order valence-electron chi connectivity index (χ1n) is 3.79. The number of hydrogen-bond acceptors (Lipinski definition) is 2. The SMILES string of the molecule is [CH2]C(C)c1cc(F)ccc1[N+](=O)[O-]. The van der Waals surface area contributed by atoms with Crippen molar-refractivity contribution >= 4 is 5.69 Å². The molecule has 0 heterocycles. The summed E-state index contributed by atoms with van der Waals surface area (Å²) in [4.78, 5) is 9.96. The smallest absolute Gasteiger partial charge is 0.258 e. The van der Waals surface area contributed by atoms with E-state index in [0.717, 1.165) is 18.2 Å². The molecule has 0 saturated carbocycles. The van der Waals surface area contributed by atoms with Gasteiger partial charge in [0.25, 0.3) is 5.69 Å². The number of nitro groups is 1. The molecule has 0 fully saturated rings. The molecule has 4 heteroatoms.